The van der Waals surface area contributed by atoms with E-state index in [1.165, 1.54) is 35.6 Å². The molecule has 23 heavy (non-hydrogen) atoms. The third-order valence-corrected chi connectivity index (χ3v) is 3.90. The highest BCUT2D eigenvalue weighted by Gasteiger charge is 2.10. The van der Waals surface area contributed by atoms with Crippen molar-refractivity contribution in [2.45, 2.75) is 6.92 Å². The molecule has 0 bridgehead atoms. The Morgan fingerprint density at radius 1 is 1.30 bits per heavy atom. The van der Waals surface area contributed by atoms with Gasteiger partial charge in [0.1, 0.15) is 0 Å². The van der Waals surface area contributed by atoms with Crippen molar-refractivity contribution in [3.05, 3.63) is 67.9 Å². The van der Waals surface area contributed by atoms with E-state index in [2.05, 4.69) is 0 Å². The molecular weight excluding hydrogens is 318 g/mol. The van der Waals surface area contributed by atoms with Crippen molar-refractivity contribution in [3.8, 4) is 0 Å². The van der Waals surface area contributed by atoms with Crippen molar-refractivity contribution in [2.75, 3.05) is 6.61 Å². The number of carbonyl (C=O) groups excluding carboxylic acids is 2. The highest BCUT2D eigenvalue weighted by atomic mass is 32.1. The minimum atomic E-state index is -0.682. The van der Waals surface area contributed by atoms with Gasteiger partial charge in [-0.25, -0.2) is 4.79 Å². The Hall–Kier alpha value is -2.80. The number of rotatable bonds is 6. The van der Waals surface area contributed by atoms with Crippen LogP contribution in [0.3, 0.4) is 0 Å². The third kappa shape index (κ3) is 4.86. The summed E-state index contributed by atoms with van der Waals surface area (Å²) in [5.41, 5.74) is 0.431. The quantitative estimate of drug-likeness (QED) is 0.266. The molecule has 6 nitrogen and oxygen atoms in total. The van der Waals surface area contributed by atoms with Crippen molar-refractivity contribution in [2.24, 2.45) is 0 Å². The number of ether oxygens (including phenoxy) is 1. The van der Waals surface area contributed by atoms with Gasteiger partial charge in [-0.3, -0.25) is 14.9 Å². The predicted octanol–water partition coefficient (Wildman–Crippen LogP) is 3.40. The Labute approximate surface area is 136 Å². The maximum absolute atomic E-state index is 11.8. The number of nitro groups is 1. The molecule has 0 N–H and O–H groups in total. The zero-order chi connectivity index (χ0) is 16.8. The topological polar surface area (TPSA) is 86.5 Å². The maximum Gasteiger partial charge on any atom is 0.331 e. The van der Waals surface area contributed by atoms with E-state index in [9.17, 15) is 19.7 Å². The zero-order valence-electron chi connectivity index (χ0n) is 12.2. The van der Waals surface area contributed by atoms with Gasteiger partial charge in [-0.15, -0.1) is 11.3 Å². The van der Waals surface area contributed by atoms with Crippen molar-refractivity contribution < 1.29 is 19.2 Å². The summed E-state index contributed by atoms with van der Waals surface area (Å²) in [5, 5.41) is 10.7. The molecule has 0 aliphatic heterocycles. The molecule has 0 fully saturated rings. The summed E-state index contributed by atoms with van der Waals surface area (Å²) in [7, 11) is 0. The van der Waals surface area contributed by atoms with Crippen LogP contribution in [0.4, 0.5) is 5.69 Å². The van der Waals surface area contributed by atoms with Gasteiger partial charge >= 0.3 is 5.97 Å². The number of non-ortho nitro benzene ring substituents is 1. The number of carbonyl (C=O) groups is 2. The molecule has 1 aromatic heterocycles. The molecule has 0 radical (unpaired) electrons. The lowest BCUT2D eigenvalue weighted by atomic mass is 10.2. The van der Waals surface area contributed by atoms with E-state index in [1.807, 2.05) is 13.0 Å². The van der Waals surface area contributed by atoms with Gasteiger partial charge in [-0.1, -0.05) is 12.1 Å². The number of benzene rings is 1. The standard InChI is InChI=1S/C16H13NO5S/c1-11-5-7-15(23-11)14(18)10-22-16(19)8-6-12-3-2-4-13(9-12)17(20)21/h2-9H,10H2,1H3/b8-6+. The van der Waals surface area contributed by atoms with Gasteiger partial charge in [0.15, 0.2) is 6.61 Å². The summed E-state index contributed by atoms with van der Waals surface area (Å²) >= 11 is 1.34. The second-order valence-electron chi connectivity index (χ2n) is 4.63. The predicted molar refractivity (Wildman–Crippen MR) is 86.5 cm³/mol. The average Bonchev–Trinajstić information content (AvgIpc) is 2.97. The smallest absolute Gasteiger partial charge is 0.331 e. The van der Waals surface area contributed by atoms with E-state index in [0.717, 1.165) is 11.0 Å². The number of nitro benzene ring substituents is 1. The number of hydrogen-bond donors (Lipinski definition) is 0. The number of nitrogens with zero attached hydrogens (tertiary/aromatic N) is 1. The Morgan fingerprint density at radius 3 is 2.74 bits per heavy atom. The minimum Gasteiger partial charge on any atom is -0.454 e. The van der Waals surface area contributed by atoms with Crippen molar-refractivity contribution >= 4 is 34.9 Å². The second-order valence-corrected chi connectivity index (χ2v) is 5.91. The molecule has 0 spiro atoms. The Morgan fingerprint density at radius 2 is 2.09 bits per heavy atom. The zero-order valence-corrected chi connectivity index (χ0v) is 13.0. The van der Waals surface area contributed by atoms with E-state index in [0.29, 0.717) is 10.4 Å². The summed E-state index contributed by atoms with van der Waals surface area (Å²) in [4.78, 5) is 35.1. The Bertz CT molecular complexity index is 778. The van der Waals surface area contributed by atoms with E-state index in [-0.39, 0.29) is 18.1 Å². The maximum atomic E-state index is 11.8. The fourth-order valence-electron chi connectivity index (χ4n) is 1.75. The molecule has 0 saturated heterocycles. The van der Waals surface area contributed by atoms with Gasteiger partial charge in [-0.2, -0.15) is 0 Å². The summed E-state index contributed by atoms with van der Waals surface area (Å²) in [6.07, 6.45) is 2.53. The van der Waals surface area contributed by atoms with Crippen LogP contribution in [0.25, 0.3) is 6.08 Å². The second kappa shape index (κ2) is 7.46. The van der Waals surface area contributed by atoms with Gasteiger partial charge in [0, 0.05) is 23.1 Å². The van der Waals surface area contributed by atoms with Gasteiger partial charge in [0.05, 0.1) is 9.80 Å². The lowest BCUT2D eigenvalue weighted by Crippen LogP contribution is -2.11. The van der Waals surface area contributed by atoms with Crippen LogP contribution >= 0.6 is 11.3 Å². The monoisotopic (exact) mass is 331 g/mol. The van der Waals surface area contributed by atoms with Crippen molar-refractivity contribution in [1.82, 2.24) is 0 Å². The van der Waals surface area contributed by atoms with Crippen LogP contribution < -0.4 is 0 Å². The molecule has 0 saturated carbocycles. The van der Waals surface area contributed by atoms with Crippen LogP contribution in [-0.4, -0.2) is 23.3 Å². The van der Waals surface area contributed by atoms with Crippen LogP contribution in [0.5, 0.6) is 0 Å². The molecule has 0 aliphatic rings. The number of ketones is 1. The Balaban J connectivity index is 1.90. The first-order chi connectivity index (χ1) is 11.0. The van der Waals surface area contributed by atoms with Crippen molar-refractivity contribution in [3.63, 3.8) is 0 Å². The molecule has 0 aliphatic carbocycles. The molecule has 7 heteroatoms. The highest BCUT2D eigenvalue weighted by molar-refractivity contribution is 7.14. The van der Waals surface area contributed by atoms with Crippen molar-refractivity contribution in [1.29, 1.82) is 0 Å². The molecule has 0 atom stereocenters. The van der Waals surface area contributed by atoms with E-state index in [4.69, 9.17) is 4.74 Å². The number of aryl methyl sites for hydroxylation is 1. The molecular formula is C16H13NO5S. The first-order valence-electron chi connectivity index (χ1n) is 6.64. The normalized spacial score (nSPS) is 10.7. The fourth-order valence-corrected chi connectivity index (χ4v) is 2.54. The number of esters is 1. The van der Waals surface area contributed by atoms with Gasteiger partial charge in [0.25, 0.3) is 5.69 Å². The van der Waals surface area contributed by atoms with E-state index < -0.39 is 10.9 Å². The fraction of sp³-hybridized carbons (Fsp3) is 0.125. The first-order valence-corrected chi connectivity index (χ1v) is 7.46. The lowest BCUT2D eigenvalue weighted by Gasteiger charge is -1.99. The van der Waals surface area contributed by atoms with E-state index >= 15 is 0 Å². The largest absolute Gasteiger partial charge is 0.454 e. The molecule has 0 unspecified atom stereocenters. The van der Waals surface area contributed by atoms with Crippen LogP contribution in [0.2, 0.25) is 0 Å². The number of hydrogen-bond acceptors (Lipinski definition) is 6. The van der Waals surface area contributed by atoms with Gasteiger partial charge < -0.3 is 4.74 Å². The average molecular weight is 331 g/mol. The summed E-state index contributed by atoms with van der Waals surface area (Å²) < 4.78 is 4.86. The molecule has 2 rings (SSSR count). The van der Waals surface area contributed by atoms with Gasteiger partial charge in [0.2, 0.25) is 5.78 Å². The van der Waals surface area contributed by atoms with Crippen LogP contribution in [0.1, 0.15) is 20.1 Å². The highest BCUT2D eigenvalue weighted by Crippen LogP contribution is 2.16. The van der Waals surface area contributed by atoms with Crippen LogP contribution in [0, 0.1) is 17.0 Å². The number of thiophene rings is 1. The van der Waals surface area contributed by atoms with E-state index in [1.54, 1.807) is 12.1 Å². The SMILES string of the molecule is Cc1ccc(C(=O)COC(=O)/C=C/c2cccc([N+](=O)[O-])c2)s1. The first kappa shape index (κ1) is 16.6. The lowest BCUT2D eigenvalue weighted by molar-refractivity contribution is -0.384. The molecule has 0 amide bonds. The molecule has 1 aromatic carbocycles. The molecule has 118 valence electrons. The summed E-state index contributed by atoms with van der Waals surface area (Å²) in [5.74, 6) is -0.946. The Kier molecular flexibility index (Phi) is 5.37. The van der Waals surface area contributed by atoms with Gasteiger partial charge in [-0.05, 0) is 30.7 Å². The summed E-state index contributed by atoms with van der Waals surface area (Å²) in [6.45, 7) is 1.55. The minimum absolute atomic E-state index is 0.0660. The van der Waals surface area contributed by atoms with Crippen LogP contribution in [0.15, 0.2) is 42.5 Å². The van der Waals surface area contributed by atoms with Crippen LogP contribution in [-0.2, 0) is 9.53 Å². The molecule has 2 aromatic rings. The number of Topliss-reactive ketones (excluding diaryl/α,β-unsaturated/α-hetero) is 1. The third-order valence-electron chi connectivity index (χ3n) is 2.85. The molecule has 1 heterocycles. The summed E-state index contributed by atoms with van der Waals surface area (Å²) in [6, 6.07) is 9.35.